The van der Waals surface area contributed by atoms with E-state index in [0.29, 0.717) is 12.1 Å². The minimum absolute atomic E-state index is 0.0326. The number of amides is 1. The Labute approximate surface area is 189 Å². The molecule has 1 fully saturated rings. The second-order valence-corrected chi connectivity index (χ2v) is 8.90. The van der Waals surface area contributed by atoms with Gasteiger partial charge in [0, 0.05) is 67.3 Å². The average Bonchev–Trinajstić information content (AvgIpc) is 3.23. The van der Waals surface area contributed by atoms with Crippen molar-refractivity contribution in [2.24, 2.45) is 0 Å². The molecule has 1 aliphatic rings. The maximum Gasteiger partial charge on any atom is 0.251 e. The van der Waals surface area contributed by atoms with E-state index in [1.54, 1.807) is 0 Å². The van der Waals surface area contributed by atoms with E-state index in [1.807, 2.05) is 42.5 Å². The van der Waals surface area contributed by atoms with Crippen molar-refractivity contribution in [1.29, 1.82) is 0 Å². The lowest BCUT2D eigenvalue weighted by Crippen LogP contribution is -2.48. The molecule has 6 nitrogen and oxygen atoms in total. The van der Waals surface area contributed by atoms with Crippen molar-refractivity contribution in [2.45, 2.75) is 6.42 Å². The van der Waals surface area contributed by atoms with E-state index in [2.05, 4.69) is 47.6 Å². The number of carbonyl (C=O) groups excluding carboxylic acids is 1. The maximum absolute atomic E-state index is 12.2. The van der Waals surface area contributed by atoms with Gasteiger partial charge in [0.15, 0.2) is 0 Å². The van der Waals surface area contributed by atoms with Crippen LogP contribution < -0.4 is 10.2 Å². The standard InChI is InChI=1S/C22H24BrN5OS/c23-19-8-4-7-18(16-19)21(29)24-9-10-27-11-13-28(14-12-27)22-25-20(26-30-22)15-17-5-2-1-3-6-17/h1-8,16H,9-15H2,(H,24,29). The first-order chi connectivity index (χ1) is 14.7. The molecule has 2 heterocycles. The van der Waals surface area contributed by atoms with Gasteiger partial charge in [-0.2, -0.15) is 4.37 Å². The van der Waals surface area contributed by atoms with Crippen molar-refractivity contribution in [2.75, 3.05) is 44.2 Å². The lowest BCUT2D eigenvalue weighted by molar-refractivity contribution is 0.0947. The molecule has 2 aromatic carbocycles. The Morgan fingerprint density at radius 3 is 2.63 bits per heavy atom. The van der Waals surface area contributed by atoms with Crippen LogP contribution in [0.2, 0.25) is 0 Å². The van der Waals surface area contributed by atoms with Crippen LogP contribution in [0.25, 0.3) is 0 Å². The van der Waals surface area contributed by atoms with E-state index >= 15 is 0 Å². The van der Waals surface area contributed by atoms with E-state index in [-0.39, 0.29) is 5.91 Å². The van der Waals surface area contributed by atoms with Gasteiger partial charge in [-0.15, -0.1) is 0 Å². The summed E-state index contributed by atoms with van der Waals surface area (Å²) in [5.74, 6) is 0.855. The Morgan fingerprint density at radius 1 is 1.07 bits per heavy atom. The first kappa shape index (κ1) is 21.0. The molecule has 1 aromatic heterocycles. The van der Waals surface area contributed by atoms with Crippen molar-refractivity contribution in [3.8, 4) is 0 Å². The van der Waals surface area contributed by atoms with E-state index in [4.69, 9.17) is 4.98 Å². The minimum Gasteiger partial charge on any atom is -0.351 e. The van der Waals surface area contributed by atoms with Gasteiger partial charge in [0.25, 0.3) is 5.91 Å². The summed E-state index contributed by atoms with van der Waals surface area (Å²) in [4.78, 5) is 21.7. The highest BCUT2D eigenvalue weighted by molar-refractivity contribution is 9.10. The lowest BCUT2D eigenvalue weighted by atomic mass is 10.1. The summed E-state index contributed by atoms with van der Waals surface area (Å²) in [6.07, 6.45) is 0.773. The van der Waals surface area contributed by atoms with Crippen molar-refractivity contribution < 1.29 is 4.79 Å². The second kappa shape index (κ2) is 10.1. The smallest absolute Gasteiger partial charge is 0.251 e. The minimum atomic E-state index is -0.0326. The molecular formula is C22H24BrN5OS. The van der Waals surface area contributed by atoms with Gasteiger partial charge in [0.05, 0.1) is 0 Å². The fourth-order valence-corrected chi connectivity index (χ4v) is 4.58. The summed E-state index contributed by atoms with van der Waals surface area (Å²) in [5, 5.41) is 4.01. The normalized spacial score (nSPS) is 14.6. The van der Waals surface area contributed by atoms with Crippen LogP contribution in [0.15, 0.2) is 59.1 Å². The third-order valence-electron chi connectivity index (χ3n) is 5.11. The molecule has 0 bridgehead atoms. The number of piperazine rings is 1. The Bertz CT molecular complexity index is 972. The van der Waals surface area contributed by atoms with Gasteiger partial charge in [-0.05, 0) is 23.8 Å². The van der Waals surface area contributed by atoms with Gasteiger partial charge in [0.2, 0.25) is 5.13 Å². The molecule has 0 spiro atoms. The molecular weight excluding hydrogens is 462 g/mol. The molecule has 1 aliphatic heterocycles. The van der Waals surface area contributed by atoms with Gasteiger partial charge in [-0.25, -0.2) is 4.98 Å². The third-order valence-corrected chi connectivity index (χ3v) is 6.41. The van der Waals surface area contributed by atoms with Crippen molar-refractivity contribution >= 4 is 38.5 Å². The average molecular weight is 486 g/mol. The molecule has 156 valence electrons. The van der Waals surface area contributed by atoms with Gasteiger partial charge in [0.1, 0.15) is 5.82 Å². The fraction of sp³-hybridized carbons (Fsp3) is 0.318. The van der Waals surface area contributed by atoms with Crippen LogP contribution in [0.3, 0.4) is 0 Å². The molecule has 0 atom stereocenters. The summed E-state index contributed by atoms with van der Waals surface area (Å²) < 4.78 is 5.45. The number of benzene rings is 2. The summed E-state index contributed by atoms with van der Waals surface area (Å²) in [7, 11) is 0. The summed E-state index contributed by atoms with van der Waals surface area (Å²) >= 11 is 4.88. The van der Waals surface area contributed by atoms with E-state index in [9.17, 15) is 4.79 Å². The van der Waals surface area contributed by atoms with Crippen LogP contribution in [0.4, 0.5) is 5.13 Å². The zero-order chi connectivity index (χ0) is 20.8. The number of nitrogens with one attached hydrogen (secondary N) is 1. The van der Waals surface area contributed by atoms with Gasteiger partial charge < -0.3 is 10.2 Å². The number of carbonyl (C=O) groups is 1. The van der Waals surface area contributed by atoms with Crippen LogP contribution in [-0.4, -0.2) is 59.4 Å². The van der Waals surface area contributed by atoms with E-state index in [0.717, 1.165) is 54.6 Å². The number of halogens is 1. The largest absolute Gasteiger partial charge is 0.351 e. The fourth-order valence-electron chi connectivity index (χ4n) is 3.45. The first-order valence-electron chi connectivity index (χ1n) is 10.0. The Kier molecular flexibility index (Phi) is 7.09. The molecule has 1 saturated heterocycles. The van der Waals surface area contributed by atoms with Gasteiger partial charge in [-0.3, -0.25) is 9.69 Å². The van der Waals surface area contributed by atoms with Crippen molar-refractivity contribution in [3.05, 3.63) is 76.0 Å². The molecule has 0 aliphatic carbocycles. The monoisotopic (exact) mass is 485 g/mol. The number of nitrogens with zero attached hydrogens (tertiary/aromatic N) is 4. The summed E-state index contributed by atoms with van der Waals surface area (Å²) in [6.45, 7) is 5.27. The quantitative estimate of drug-likeness (QED) is 0.555. The molecule has 30 heavy (non-hydrogen) atoms. The predicted octanol–water partition coefficient (Wildman–Crippen LogP) is 3.44. The van der Waals surface area contributed by atoms with Crippen molar-refractivity contribution in [3.63, 3.8) is 0 Å². The van der Waals surface area contributed by atoms with Crippen LogP contribution >= 0.6 is 27.5 Å². The lowest BCUT2D eigenvalue weighted by Gasteiger charge is -2.34. The molecule has 0 unspecified atom stereocenters. The first-order valence-corrected chi connectivity index (χ1v) is 11.6. The van der Waals surface area contributed by atoms with Crippen LogP contribution in [0.5, 0.6) is 0 Å². The molecule has 4 rings (SSSR count). The van der Waals surface area contributed by atoms with Crippen LogP contribution in [0.1, 0.15) is 21.7 Å². The molecule has 1 amide bonds. The number of anilines is 1. The Balaban J connectivity index is 1.20. The van der Waals surface area contributed by atoms with E-state index < -0.39 is 0 Å². The highest BCUT2D eigenvalue weighted by Crippen LogP contribution is 2.20. The third kappa shape index (κ3) is 5.65. The SMILES string of the molecule is O=C(NCCN1CCN(c2nc(Cc3ccccc3)ns2)CC1)c1cccc(Br)c1. The molecule has 0 saturated carbocycles. The van der Waals surface area contributed by atoms with Crippen LogP contribution in [0, 0.1) is 0 Å². The maximum atomic E-state index is 12.2. The second-order valence-electron chi connectivity index (χ2n) is 7.25. The Hall–Kier alpha value is -2.29. The van der Waals surface area contributed by atoms with Crippen molar-refractivity contribution in [1.82, 2.24) is 19.6 Å². The highest BCUT2D eigenvalue weighted by Gasteiger charge is 2.20. The molecule has 1 N–H and O–H groups in total. The zero-order valence-corrected chi connectivity index (χ0v) is 19.0. The molecule has 3 aromatic rings. The summed E-state index contributed by atoms with van der Waals surface area (Å²) in [6, 6.07) is 17.8. The molecule has 0 radical (unpaired) electrons. The summed E-state index contributed by atoms with van der Waals surface area (Å²) in [5.41, 5.74) is 1.91. The Morgan fingerprint density at radius 2 is 1.87 bits per heavy atom. The number of hydrogen-bond donors (Lipinski definition) is 1. The van der Waals surface area contributed by atoms with Crippen LogP contribution in [-0.2, 0) is 6.42 Å². The number of rotatable bonds is 7. The number of aromatic nitrogens is 2. The number of hydrogen-bond acceptors (Lipinski definition) is 6. The molecule has 8 heteroatoms. The highest BCUT2D eigenvalue weighted by atomic mass is 79.9. The predicted molar refractivity (Wildman–Crippen MR) is 124 cm³/mol. The zero-order valence-electron chi connectivity index (χ0n) is 16.6. The topological polar surface area (TPSA) is 61.4 Å². The van der Waals surface area contributed by atoms with Gasteiger partial charge in [-0.1, -0.05) is 52.3 Å². The van der Waals surface area contributed by atoms with E-state index in [1.165, 1.54) is 17.1 Å². The van der Waals surface area contributed by atoms with Gasteiger partial charge >= 0.3 is 0 Å².